The Morgan fingerprint density at radius 2 is 2.04 bits per heavy atom. The number of rotatable bonds is 10. The molecule has 2 N–H and O–H groups in total. The zero-order valence-corrected chi connectivity index (χ0v) is 16.0. The van der Waals surface area contributed by atoms with Gasteiger partial charge in [-0.2, -0.15) is 0 Å². The van der Waals surface area contributed by atoms with E-state index < -0.39 is 0 Å². The van der Waals surface area contributed by atoms with Crippen molar-refractivity contribution < 1.29 is 9.15 Å². The van der Waals surface area contributed by atoms with Crippen LogP contribution in [0.1, 0.15) is 31.4 Å². The minimum absolute atomic E-state index is 0.320. The van der Waals surface area contributed by atoms with Gasteiger partial charge in [0.25, 0.3) is 0 Å². The number of aliphatic imine (C=N–C) groups is 1. The van der Waals surface area contributed by atoms with E-state index in [1.165, 1.54) is 25.7 Å². The Kier molecular flexibility index (Phi) is 8.28. The van der Waals surface area contributed by atoms with Crippen LogP contribution in [0.4, 0.5) is 0 Å². The highest BCUT2D eigenvalue weighted by atomic mass is 16.5. The average molecular weight is 351 g/mol. The normalized spacial score (nSPS) is 17.2. The van der Waals surface area contributed by atoms with E-state index in [0.717, 1.165) is 44.3 Å². The van der Waals surface area contributed by atoms with E-state index in [2.05, 4.69) is 29.6 Å². The predicted octanol–water partition coefficient (Wildman–Crippen LogP) is 2.13. The Labute approximate surface area is 152 Å². The van der Waals surface area contributed by atoms with Crippen LogP contribution >= 0.6 is 0 Å². The Balaban J connectivity index is 1.90. The van der Waals surface area contributed by atoms with Crippen LogP contribution in [-0.4, -0.2) is 64.9 Å². The molecule has 2 rings (SSSR count). The number of nitrogens with zero attached hydrogens (tertiary/aromatic N) is 2. The first-order valence-electron chi connectivity index (χ1n) is 9.32. The molecule has 0 aliphatic heterocycles. The van der Waals surface area contributed by atoms with Gasteiger partial charge >= 0.3 is 0 Å². The van der Waals surface area contributed by atoms with Crippen molar-refractivity contribution in [3.63, 3.8) is 0 Å². The molecule has 0 aromatic carbocycles. The van der Waals surface area contributed by atoms with Gasteiger partial charge in [0.1, 0.15) is 5.76 Å². The van der Waals surface area contributed by atoms with Crippen molar-refractivity contribution in [2.24, 2.45) is 10.4 Å². The molecule has 6 heteroatoms. The molecule has 0 bridgehead atoms. The lowest BCUT2D eigenvalue weighted by molar-refractivity contribution is 0.203. The van der Waals surface area contributed by atoms with Gasteiger partial charge < -0.3 is 24.7 Å². The molecule has 6 nitrogen and oxygen atoms in total. The molecular formula is C19H34N4O2. The molecule has 1 aromatic rings. The fourth-order valence-corrected chi connectivity index (χ4v) is 3.61. The van der Waals surface area contributed by atoms with Gasteiger partial charge in [0.05, 0.1) is 12.9 Å². The van der Waals surface area contributed by atoms with Crippen LogP contribution in [0.15, 0.2) is 27.8 Å². The number of guanidine groups is 1. The summed E-state index contributed by atoms with van der Waals surface area (Å²) in [5.74, 6) is 1.86. The number of methoxy groups -OCH3 is 1. The monoisotopic (exact) mass is 350 g/mol. The first kappa shape index (κ1) is 19.8. The molecule has 1 aliphatic rings. The summed E-state index contributed by atoms with van der Waals surface area (Å²) >= 11 is 0. The van der Waals surface area contributed by atoms with E-state index in [-0.39, 0.29) is 0 Å². The van der Waals surface area contributed by atoms with Crippen molar-refractivity contribution in [1.82, 2.24) is 15.5 Å². The maximum absolute atomic E-state index is 5.39. The maximum Gasteiger partial charge on any atom is 0.191 e. The molecular weight excluding hydrogens is 316 g/mol. The Bertz CT molecular complexity index is 494. The summed E-state index contributed by atoms with van der Waals surface area (Å²) < 4.78 is 10.5. The van der Waals surface area contributed by atoms with Crippen molar-refractivity contribution in [3.8, 4) is 0 Å². The number of furan rings is 1. The second-order valence-electron chi connectivity index (χ2n) is 7.29. The van der Waals surface area contributed by atoms with Crippen LogP contribution < -0.4 is 10.6 Å². The van der Waals surface area contributed by atoms with Gasteiger partial charge in [-0.15, -0.1) is 0 Å². The number of hydrogen-bond acceptors (Lipinski definition) is 4. The number of nitrogens with one attached hydrogen (secondary N) is 2. The lowest BCUT2D eigenvalue weighted by Gasteiger charge is -2.30. The zero-order chi connectivity index (χ0) is 18.0. The van der Waals surface area contributed by atoms with E-state index in [1.807, 2.05) is 12.1 Å². The SMILES string of the molecule is COCCNC(=NCC1(CN(C)C)CCCC1)NCCc1ccco1. The lowest BCUT2D eigenvalue weighted by atomic mass is 9.86. The summed E-state index contributed by atoms with van der Waals surface area (Å²) in [6, 6.07) is 3.92. The predicted molar refractivity (Wildman–Crippen MR) is 102 cm³/mol. The molecule has 1 fully saturated rings. The van der Waals surface area contributed by atoms with E-state index in [4.69, 9.17) is 14.1 Å². The number of ether oxygens (including phenoxy) is 1. The van der Waals surface area contributed by atoms with E-state index in [1.54, 1.807) is 13.4 Å². The van der Waals surface area contributed by atoms with Crippen LogP contribution in [0.5, 0.6) is 0 Å². The van der Waals surface area contributed by atoms with Crippen molar-refractivity contribution >= 4 is 5.96 Å². The first-order chi connectivity index (χ1) is 12.1. The fourth-order valence-electron chi connectivity index (χ4n) is 3.61. The molecule has 0 radical (unpaired) electrons. The van der Waals surface area contributed by atoms with Gasteiger partial charge in [-0.1, -0.05) is 12.8 Å². The molecule has 1 aliphatic carbocycles. The van der Waals surface area contributed by atoms with Crippen molar-refractivity contribution in [1.29, 1.82) is 0 Å². The summed E-state index contributed by atoms with van der Waals surface area (Å²) in [4.78, 5) is 7.20. The maximum atomic E-state index is 5.39. The van der Waals surface area contributed by atoms with Crippen LogP contribution in [-0.2, 0) is 11.2 Å². The molecule has 1 saturated carbocycles. The zero-order valence-electron chi connectivity index (χ0n) is 16.0. The van der Waals surface area contributed by atoms with E-state index in [0.29, 0.717) is 12.0 Å². The smallest absolute Gasteiger partial charge is 0.191 e. The van der Waals surface area contributed by atoms with Crippen LogP contribution in [0.3, 0.4) is 0 Å². The Morgan fingerprint density at radius 1 is 1.28 bits per heavy atom. The summed E-state index contributed by atoms with van der Waals surface area (Å²) in [5.41, 5.74) is 0.320. The van der Waals surface area contributed by atoms with Gasteiger partial charge in [0, 0.05) is 45.1 Å². The van der Waals surface area contributed by atoms with Gasteiger partial charge in [0.15, 0.2) is 5.96 Å². The largest absolute Gasteiger partial charge is 0.469 e. The third-order valence-electron chi connectivity index (χ3n) is 4.73. The highest BCUT2D eigenvalue weighted by molar-refractivity contribution is 5.79. The van der Waals surface area contributed by atoms with E-state index >= 15 is 0 Å². The molecule has 0 saturated heterocycles. The highest BCUT2D eigenvalue weighted by Gasteiger charge is 2.34. The molecule has 0 unspecified atom stereocenters. The van der Waals surface area contributed by atoms with Gasteiger partial charge in [-0.25, -0.2) is 0 Å². The van der Waals surface area contributed by atoms with Crippen LogP contribution in [0, 0.1) is 5.41 Å². The standard InChI is InChI=1S/C19H34N4O2/c1-23(2)16-19(9-4-5-10-19)15-22-18(21-12-14-24-3)20-11-8-17-7-6-13-25-17/h6-7,13H,4-5,8-12,14-16H2,1-3H3,(H2,20,21,22). The first-order valence-corrected chi connectivity index (χ1v) is 9.32. The summed E-state index contributed by atoms with van der Waals surface area (Å²) in [5, 5.41) is 6.79. The fraction of sp³-hybridized carbons (Fsp3) is 0.737. The van der Waals surface area contributed by atoms with Gasteiger partial charge in [-0.05, 0) is 39.1 Å². The van der Waals surface area contributed by atoms with Gasteiger partial charge in [-0.3, -0.25) is 4.99 Å². The second kappa shape index (κ2) is 10.5. The summed E-state index contributed by atoms with van der Waals surface area (Å²) in [6.45, 7) is 4.20. The summed E-state index contributed by atoms with van der Waals surface area (Å²) in [6.07, 6.45) is 7.75. The average Bonchev–Trinajstić information content (AvgIpc) is 3.24. The van der Waals surface area contributed by atoms with Crippen LogP contribution in [0.25, 0.3) is 0 Å². The third kappa shape index (κ3) is 7.08. The molecule has 1 aromatic heterocycles. The van der Waals surface area contributed by atoms with Gasteiger partial charge in [0.2, 0.25) is 0 Å². The second-order valence-corrected chi connectivity index (χ2v) is 7.29. The Hall–Kier alpha value is -1.53. The molecule has 0 amide bonds. The molecule has 25 heavy (non-hydrogen) atoms. The molecule has 1 heterocycles. The van der Waals surface area contributed by atoms with E-state index in [9.17, 15) is 0 Å². The molecule has 0 spiro atoms. The molecule has 0 atom stereocenters. The Morgan fingerprint density at radius 3 is 2.68 bits per heavy atom. The topological polar surface area (TPSA) is 62.0 Å². The summed E-state index contributed by atoms with van der Waals surface area (Å²) in [7, 11) is 6.03. The highest BCUT2D eigenvalue weighted by Crippen LogP contribution is 2.38. The van der Waals surface area contributed by atoms with Crippen LogP contribution in [0.2, 0.25) is 0 Å². The van der Waals surface area contributed by atoms with Crippen molar-refractivity contribution in [2.45, 2.75) is 32.1 Å². The minimum atomic E-state index is 0.320. The third-order valence-corrected chi connectivity index (χ3v) is 4.73. The molecule has 142 valence electrons. The quantitative estimate of drug-likeness (QED) is 0.384. The minimum Gasteiger partial charge on any atom is -0.469 e. The van der Waals surface area contributed by atoms with Crippen molar-refractivity contribution in [3.05, 3.63) is 24.2 Å². The lowest BCUT2D eigenvalue weighted by Crippen LogP contribution is -2.41. The van der Waals surface area contributed by atoms with Crippen molar-refractivity contribution in [2.75, 3.05) is 54.0 Å². The number of hydrogen-bond donors (Lipinski definition) is 2.